The Morgan fingerprint density at radius 1 is 1.56 bits per heavy atom. The SMILES string of the molecule is COc1cc([N+](=O)[O-])ccc1C(=O)NCCCI. The maximum atomic E-state index is 11.8. The molecule has 0 saturated heterocycles. The van der Waals surface area contributed by atoms with E-state index in [2.05, 4.69) is 27.9 Å². The molecule has 0 saturated carbocycles. The molecule has 0 radical (unpaired) electrons. The van der Waals surface area contributed by atoms with E-state index in [-0.39, 0.29) is 17.3 Å². The number of ether oxygens (including phenoxy) is 1. The summed E-state index contributed by atoms with van der Waals surface area (Å²) in [5, 5.41) is 13.3. The number of non-ortho nitro benzene ring substituents is 1. The molecule has 0 bridgehead atoms. The van der Waals surface area contributed by atoms with Crippen LogP contribution in [0.5, 0.6) is 5.75 Å². The smallest absolute Gasteiger partial charge is 0.273 e. The molecule has 98 valence electrons. The minimum absolute atomic E-state index is 0.101. The molecule has 0 spiro atoms. The first-order chi connectivity index (χ1) is 8.60. The highest BCUT2D eigenvalue weighted by Crippen LogP contribution is 2.24. The molecule has 0 fully saturated rings. The number of halogens is 1. The Kier molecular flexibility index (Phi) is 5.83. The summed E-state index contributed by atoms with van der Waals surface area (Å²) in [4.78, 5) is 21.9. The van der Waals surface area contributed by atoms with Crippen LogP contribution in [0.3, 0.4) is 0 Å². The quantitative estimate of drug-likeness (QED) is 0.276. The molecular formula is C11H13IN2O4. The van der Waals surface area contributed by atoms with Gasteiger partial charge in [-0.25, -0.2) is 0 Å². The monoisotopic (exact) mass is 364 g/mol. The van der Waals surface area contributed by atoms with Gasteiger partial charge in [-0.05, 0) is 12.5 Å². The number of rotatable bonds is 6. The molecule has 0 aliphatic carbocycles. The van der Waals surface area contributed by atoms with Gasteiger partial charge in [0.15, 0.2) is 0 Å². The average Bonchev–Trinajstić information content (AvgIpc) is 2.38. The van der Waals surface area contributed by atoms with Crippen molar-refractivity contribution in [3.63, 3.8) is 0 Å². The van der Waals surface area contributed by atoms with Crippen molar-refractivity contribution in [1.29, 1.82) is 0 Å². The zero-order chi connectivity index (χ0) is 13.5. The van der Waals surface area contributed by atoms with E-state index in [9.17, 15) is 14.9 Å². The van der Waals surface area contributed by atoms with Crippen LogP contribution in [0.2, 0.25) is 0 Å². The van der Waals surface area contributed by atoms with Crippen LogP contribution in [0.15, 0.2) is 18.2 Å². The van der Waals surface area contributed by atoms with Crippen molar-refractivity contribution >= 4 is 34.2 Å². The summed E-state index contributed by atoms with van der Waals surface area (Å²) in [6.07, 6.45) is 0.877. The van der Waals surface area contributed by atoms with Crippen LogP contribution in [-0.2, 0) is 0 Å². The molecule has 6 nitrogen and oxygen atoms in total. The highest BCUT2D eigenvalue weighted by atomic mass is 127. The third-order valence-corrected chi connectivity index (χ3v) is 3.00. The fourth-order valence-electron chi connectivity index (χ4n) is 1.35. The number of nitro groups is 1. The van der Waals surface area contributed by atoms with Crippen molar-refractivity contribution in [2.45, 2.75) is 6.42 Å². The number of benzene rings is 1. The van der Waals surface area contributed by atoms with Gasteiger partial charge < -0.3 is 10.1 Å². The number of alkyl halides is 1. The lowest BCUT2D eigenvalue weighted by Gasteiger charge is -2.08. The van der Waals surface area contributed by atoms with Crippen molar-refractivity contribution in [2.24, 2.45) is 0 Å². The van der Waals surface area contributed by atoms with Gasteiger partial charge in [-0.2, -0.15) is 0 Å². The number of nitro benzene ring substituents is 1. The summed E-state index contributed by atoms with van der Waals surface area (Å²) < 4.78 is 5.95. The molecule has 1 aromatic carbocycles. The maximum Gasteiger partial charge on any atom is 0.273 e. The first-order valence-corrected chi connectivity index (χ1v) is 6.79. The Labute approximate surface area is 118 Å². The fourth-order valence-corrected chi connectivity index (χ4v) is 1.73. The van der Waals surface area contributed by atoms with Gasteiger partial charge in [0.2, 0.25) is 0 Å². The Hall–Kier alpha value is -1.38. The van der Waals surface area contributed by atoms with Gasteiger partial charge in [-0.15, -0.1) is 0 Å². The Bertz CT molecular complexity index is 451. The van der Waals surface area contributed by atoms with E-state index in [1.807, 2.05) is 0 Å². The van der Waals surface area contributed by atoms with Gasteiger partial charge >= 0.3 is 0 Å². The highest BCUT2D eigenvalue weighted by Gasteiger charge is 2.16. The molecule has 7 heteroatoms. The molecule has 0 aromatic heterocycles. The molecule has 1 N–H and O–H groups in total. The van der Waals surface area contributed by atoms with Gasteiger partial charge in [0, 0.05) is 17.0 Å². The third-order valence-electron chi connectivity index (χ3n) is 2.24. The van der Waals surface area contributed by atoms with Crippen molar-refractivity contribution in [2.75, 3.05) is 18.1 Å². The number of methoxy groups -OCH3 is 1. The van der Waals surface area contributed by atoms with Crippen molar-refractivity contribution in [3.8, 4) is 5.75 Å². The van der Waals surface area contributed by atoms with E-state index in [0.29, 0.717) is 12.1 Å². The fraction of sp³-hybridized carbons (Fsp3) is 0.364. The lowest BCUT2D eigenvalue weighted by molar-refractivity contribution is -0.384. The first kappa shape index (κ1) is 14.7. The molecule has 0 aliphatic heterocycles. The van der Waals surface area contributed by atoms with Gasteiger partial charge in [-0.3, -0.25) is 14.9 Å². The summed E-state index contributed by atoms with van der Waals surface area (Å²) in [7, 11) is 1.38. The third kappa shape index (κ3) is 3.83. The van der Waals surface area contributed by atoms with E-state index in [1.165, 1.54) is 25.3 Å². The van der Waals surface area contributed by atoms with Gasteiger partial charge in [-0.1, -0.05) is 22.6 Å². The average molecular weight is 364 g/mol. The first-order valence-electron chi connectivity index (χ1n) is 5.26. The lowest BCUT2D eigenvalue weighted by Crippen LogP contribution is -2.25. The topological polar surface area (TPSA) is 81.5 Å². The second-order valence-electron chi connectivity index (χ2n) is 3.44. The number of hydrogen-bond donors (Lipinski definition) is 1. The van der Waals surface area contributed by atoms with Gasteiger partial charge in [0.05, 0.1) is 23.7 Å². The second-order valence-corrected chi connectivity index (χ2v) is 4.52. The molecule has 0 aliphatic rings. The predicted molar refractivity (Wildman–Crippen MR) is 75.5 cm³/mol. The number of nitrogens with one attached hydrogen (secondary N) is 1. The van der Waals surface area contributed by atoms with Gasteiger partial charge in [0.25, 0.3) is 11.6 Å². The Balaban J connectivity index is 2.88. The minimum atomic E-state index is -0.527. The van der Waals surface area contributed by atoms with Crippen molar-refractivity contribution in [1.82, 2.24) is 5.32 Å². The number of carbonyl (C=O) groups is 1. The summed E-state index contributed by atoms with van der Waals surface area (Å²) in [5.41, 5.74) is 0.201. The number of amides is 1. The van der Waals surface area contributed by atoms with E-state index in [0.717, 1.165) is 10.8 Å². The number of carbonyl (C=O) groups excluding carboxylic acids is 1. The predicted octanol–water partition coefficient (Wildman–Crippen LogP) is 2.16. The number of nitrogens with zero attached hydrogens (tertiary/aromatic N) is 1. The van der Waals surface area contributed by atoms with E-state index < -0.39 is 4.92 Å². The van der Waals surface area contributed by atoms with Crippen LogP contribution < -0.4 is 10.1 Å². The molecule has 18 heavy (non-hydrogen) atoms. The highest BCUT2D eigenvalue weighted by molar-refractivity contribution is 14.1. The van der Waals surface area contributed by atoms with E-state index >= 15 is 0 Å². The summed E-state index contributed by atoms with van der Waals surface area (Å²) in [5.74, 6) is -0.0808. The molecule has 0 atom stereocenters. The standard InChI is InChI=1S/C11H13IN2O4/c1-18-10-7-8(14(16)17)3-4-9(10)11(15)13-6-2-5-12/h3-4,7H,2,5-6H2,1H3,(H,13,15). The van der Waals surface area contributed by atoms with Crippen LogP contribution >= 0.6 is 22.6 Å². The van der Waals surface area contributed by atoms with Crippen molar-refractivity contribution < 1.29 is 14.5 Å². The molecular weight excluding hydrogens is 351 g/mol. The largest absolute Gasteiger partial charge is 0.496 e. The molecule has 1 amide bonds. The second kappa shape index (κ2) is 7.14. The Morgan fingerprint density at radius 3 is 2.83 bits per heavy atom. The molecule has 0 heterocycles. The van der Waals surface area contributed by atoms with Crippen LogP contribution in [-0.4, -0.2) is 28.9 Å². The van der Waals surface area contributed by atoms with E-state index in [4.69, 9.17) is 4.74 Å². The van der Waals surface area contributed by atoms with Crippen LogP contribution in [0, 0.1) is 10.1 Å². The van der Waals surface area contributed by atoms with Crippen LogP contribution in [0.25, 0.3) is 0 Å². The molecule has 0 unspecified atom stereocenters. The van der Waals surface area contributed by atoms with E-state index in [1.54, 1.807) is 0 Å². The summed E-state index contributed by atoms with van der Waals surface area (Å²) >= 11 is 2.22. The Morgan fingerprint density at radius 2 is 2.28 bits per heavy atom. The summed E-state index contributed by atoms with van der Waals surface area (Å²) in [6.45, 7) is 0.571. The van der Waals surface area contributed by atoms with Crippen LogP contribution in [0.1, 0.15) is 16.8 Å². The normalized spacial score (nSPS) is 9.89. The molecule has 1 rings (SSSR count). The summed E-state index contributed by atoms with van der Waals surface area (Å²) in [6, 6.07) is 3.93. The zero-order valence-electron chi connectivity index (χ0n) is 9.81. The zero-order valence-corrected chi connectivity index (χ0v) is 12.0. The van der Waals surface area contributed by atoms with Crippen LogP contribution in [0.4, 0.5) is 5.69 Å². The van der Waals surface area contributed by atoms with Crippen molar-refractivity contribution in [3.05, 3.63) is 33.9 Å². The minimum Gasteiger partial charge on any atom is -0.496 e. The molecule has 1 aromatic rings. The maximum absolute atomic E-state index is 11.8. The van der Waals surface area contributed by atoms with Gasteiger partial charge in [0.1, 0.15) is 5.75 Å². The lowest BCUT2D eigenvalue weighted by atomic mass is 10.1. The number of hydrogen-bond acceptors (Lipinski definition) is 4.